The standard InChI is InChI=1S/C13H26N2OS/c1-4-17-12-8-6-5-7-11(12)15-13(16)10(2)9-14-3/h10-12,14H,4-9H2,1-3H3,(H,15,16). The maximum absolute atomic E-state index is 12.0. The average molecular weight is 258 g/mol. The molecule has 0 radical (unpaired) electrons. The van der Waals surface area contributed by atoms with E-state index in [1.165, 1.54) is 19.3 Å². The van der Waals surface area contributed by atoms with Crippen LogP contribution in [0.4, 0.5) is 0 Å². The number of nitrogens with one attached hydrogen (secondary N) is 2. The van der Waals surface area contributed by atoms with Crippen LogP contribution in [0.1, 0.15) is 39.5 Å². The van der Waals surface area contributed by atoms with Crippen LogP contribution in [-0.4, -0.2) is 36.5 Å². The van der Waals surface area contributed by atoms with Crippen molar-refractivity contribution in [1.29, 1.82) is 0 Å². The molecule has 1 rings (SSSR count). The molecule has 0 bridgehead atoms. The summed E-state index contributed by atoms with van der Waals surface area (Å²) in [6.45, 7) is 4.93. The van der Waals surface area contributed by atoms with Gasteiger partial charge < -0.3 is 10.6 Å². The number of rotatable bonds is 6. The van der Waals surface area contributed by atoms with Crippen LogP contribution in [-0.2, 0) is 4.79 Å². The number of amides is 1. The molecule has 3 nitrogen and oxygen atoms in total. The zero-order valence-electron chi connectivity index (χ0n) is 11.3. The van der Waals surface area contributed by atoms with Crippen LogP contribution >= 0.6 is 11.8 Å². The highest BCUT2D eigenvalue weighted by Gasteiger charge is 2.27. The van der Waals surface area contributed by atoms with Gasteiger partial charge in [0.25, 0.3) is 0 Å². The highest BCUT2D eigenvalue weighted by molar-refractivity contribution is 7.99. The van der Waals surface area contributed by atoms with Gasteiger partial charge in [-0.15, -0.1) is 0 Å². The molecular formula is C13H26N2OS. The molecule has 3 unspecified atom stereocenters. The number of hydrogen-bond acceptors (Lipinski definition) is 3. The molecule has 0 aromatic carbocycles. The Bertz CT molecular complexity index is 233. The molecule has 2 N–H and O–H groups in total. The maximum atomic E-state index is 12.0. The highest BCUT2D eigenvalue weighted by atomic mass is 32.2. The summed E-state index contributed by atoms with van der Waals surface area (Å²) < 4.78 is 0. The Kier molecular flexibility index (Phi) is 6.97. The molecule has 4 heteroatoms. The van der Waals surface area contributed by atoms with Crippen molar-refractivity contribution in [3.8, 4) is 0 Å². The smallest absolute Gasteiger partial charge is 0.224 e. The number of thioether (sulfide) groups is 1. The molecule has 3 atom stereocenters. The zero-order chi connectivity index (χ0) is 12.7. The van der Waals surface area contributed by atoms with Crippen LogP contribution in [0.3, 0.4) is 0 Å². The van der Waals surface area contributed by atoms with E-state index in [4.69, 9.17) is 0 Å². The molecule has 1 aliphatic rings. The van der Waals surface area contributed by atoms with Gasteiger partial charge in [-0.25, -0.2) is 0 Å². The summed E-state index contributed by atoms with van der Waals surface area (Å²) in [5.41, 5.74) is 0. The van der Waals surface area contributed by atoms with E-state index < -0.39 is 0 Å². The van der Waals surface area contributed by atoms with E-state index in [-0.39, 0.29) is 11.8 Å². The number of hydrogen-bond donors (Lipinski definition) is 2. The third kappa shape index (κ3) is 4.88. The summed E-state index contributed by atoms with van der Waals surface area (Å²) in [6.07, 6.45) is 4.97. The van der Waals surface area contributed by atoms with Crippen LogP contribution in [0.15, 0.2) is 0 Å². The molecule has 100 valence electrons. The van der Waals surface area contributed by atoms with Crippen molar-refractivity contribution < 1.29 is 4.79 Å². The second kappa shape index (κ2) is 7.98. The van der Waals surface area contributed by atoms with Crippen LogP contribution in [0.2, 0.25) is 0 Å². The molecule has 0 saturated heterocycles. The van der Waals surface area contributed by atoms with Crippen molar-refractivity contribution in [1.82, 2.24) is 10.6 Å². The molecule has 0 spiro atoms. The Balaban J connectivity index is 2.43. The minimum atomic E-state index is 0.0641. The van der Waals surface area contributed by atoms with Crippen molar-refractivity contribution in [2.45, 2.75) is 50.8 Å². The number of carbonyl (C=O) groups is 1. The normalized spacial score (nSPS) is 26.5. The quantitative estimate of drug-likeness (QED) is 0.766. The van der Waals surface area contributed by atoms with E-state index in [0.29, 0.717) is 11.3 Å². The first kappa shape index (κ1) is 14.8. The maximum Gasteiger partial charge on any atom is 0.224 e. The molecule has 0 aliphatic heterocycles. The first-order valence-corrected chi connectivity index (χ1v) is 7.80. The minimum Gasteiger partial charge on any atom is -0.352 e. The van der Waals surface area contributed by atoms with Crippen LogP contribution < -0.4 is 10.6 Å². The minimum absolute atomic E-state index is 0.0641. The van der Waals surface area contributed by atoms with Gasteiger partial charge in [-0.05, 0) is 25.6 Å². The third-order valence-electron chi connectivity index (χ3n) is 3.37. The van der Waals surface area contributed by atoms with E-state index in [0.717, 1.165) is 18.7 Å². The second-order valence-corrected chi connectivity index (χ2v) is 6.37. The fraction of sp³-hybridized carbons (Fsp3) is 0.923. The van der Waals surface area contributed by atoms with Gasteiger partial charge in [0.2, 0.25) is 5.91 Å². The summed E-state index contributed by atoms with van der Waals surface area (Å²) in [5, 5.41) is 6.92. The Labute approximate surface area is 109 Å². The van der Waals surface area contributed by atoms with Gasteiger partial charge in [0.1, 0.15) is 0 Å². The van der Waals surface area contributed by atoms with Crippen molar-refractivity contribution in [2.24, 2.45) is 5.92 Å². The molecule has 1 amide bonds. The highest BCUT2D eigenvalue weighted by Crippen LogP contribution is 2.28. The molecule has 1 saturated carbocycles. The van der Waals surface area contributed by atoms with Gasteiger partial charge in [0.05, 0.1) is 0 Å². The topological polar surface area (TPSA) is 41.1 Å². The van der Waals surface area contributed by atoms with E-state index in [9.17, 15) is 4.79 Å². The van der Waals surface area contributed by atoms with Crippen molar-refractivity contribution in [2.75, 3.05) is 19.3 Å². The van der Waals surface area contributed by atoms with Gasteiger partial charge in [-0.3, -0.25) is 4.79 Å². The van der Waals surface area contributed by atoms with Crippen LogP contribution in [0, 0.1) is 5.92 Å². The molecule has 1 aliphatic carbocycles. The summed E-state index contributed by atoms with van der Waals surface area (Å²) in [4.78, 5) is 12.0. The van der Waals surface area contributed by atoms with Crippen molar-refractivity contribution >= 4 is 17.7 Å². The monoisotopic (exact) mass is 258 g/mol. The molecule has 0 aromatic heterocycles. The Morgan fingerprint density at radius 3 is 2.76 bits per heavy atom. The lowest BCUT2D eigenvalue weighted by Crippen LogP contribution is -2.47. The zero-order valence-corrected chi connectivity index (χ0v) is 12.1. The SMILES string of the molecule is CCSC1CCCCC1NC(=O)C(C)CNC. The summed E-state index contributed by atoms with van der Waals surface area (Å²) >= 11 is 2.00. The average Bonchev–Trinajstić information content (AvgIpc) is 2.32. The van der Waals surface area contributed by atoms with Gasteiger partial charge >= 0.3 is 0 Å². The van der Waals surface area contributed by atoms with E-state index >= 15 is 0 Å². The molecule has 0 aromatic rings. The van der Waals surface area contributed by atoms with Crippen LogP contribution in [0.5, 0.6) is 0 Å². The first-order chi connectivity index (χ1) is 8.19. The molecular weight excluding hydrogens is 232 g/mol. The number of carbonyl (C=O) groups excluding carboxylic acids is 1. The molecule has 0 heterocycles. The van der Waals surface area contributed by atoms with Gasteiger partial charge in [0.15, 0.2) is 0 Å². The first-order valence-electron chi connectivity index (χ1n) is 6.75. The van der Waals surface area contributed by atoms with Crippen LogP contribution in [0.25, 0.3) is 0 Å². The molecule has 1 fully saturated rings. The summed E-state index contributed by atoms with van der Waals surface area (Å²) in [5.74, 6) is 1.41. The summed E-state index contributed by atoms with van der Waals surface area (Å²) in [6, 6.07) is 0.389. The van der Waals surface area contributed by atoms with Gasteiger partial charge in [-0.1, -0.05) is 26.7 Å². The predicted molar refractivity (Wildman–Crippen MR) is 75.4 cm³/mol. The van der Waals surface area contributed by atoms with E-state index in [2.05, 4.69) is 17.6 Å². The fourth-order valence-electron chi connectivity index (χ4n) is 2.40. The largest absolute Gasteiger partial charge is 0.352 e. The Morgan fingerprint density at radius 1 is 1.41 bits per heavy atom. The van der Waals surface area contributed by atoms with Crippen molar-refractivity contribution in [3.63, 3.8) is 0 Å². The lowest BCUT2D eigenvalue weighted by atomic mass is 9.94. The predicted octanol–water partition coefficient (Wildman–Crippen LogP) is 2.02. The Hall–Kier alpha value is -0.220. The van der Waals surface area contributed by atoms with Gasteiger partial charge in [-0.2, -0.15) is 11.8 Å². The second-order valence-electron chi connectivity index (χ2n) is 4.85. The lowest BCUT2D eigenvalue weighted by molar-refractivity contribution is -0.125. The third-order valence-corrected chi connectivity index (χ3v) is 4.69. The fourth-order valence-corrected chi connectivity index (χ4v) is 3.60. The molecule has 17 heavy (non-hydrogen) atoms. The van der Waals surface area contributed by atoms with Crippen molar-refractivity contribution in [3.05, 3.63) is 0 Å². The summed E-state index contributed by atoms with van der Waals surface area (Å²) in [7, 11) is 1.89. The van der Waals surface area contributed by atoms with Gasteiger partial charge in [0, 0.05) is 23.8 Å². The van der Waals surface area contributed by atoms with E-state index in [1.54, 1.807) is 0 Å². The lowest BCUT2D eigenvalue weighted by Gasteiger charge is -2.32. The Morgan fingerprint density at radius 2 is 2.12 bits per heavy atom. The van der Waals surface area contributed by atoms with E-state index in [1.807, 2.05) is 25.7 Å².